The number of hydrazone groups is 1. The van der Waals surface area contributed by atoms with Crippen molar-refractivity contribution in [2.75, 3.05) is 6.54 Å². The summed E-state index contributed by atoms with van der Waals surface area (Å²) in [7, 11) is -4.02. The minimum absolute atomic E-state index is 0.0535. The van der Waals surface area contributed by atoms with E-state index in [1.165, 1.54) is 18.3 Å². The van der Waals surface area contributed by atoms with Gasteiger partial charge in [-0.2, -0.15) is 9.41 Å². The number of carbonyl (C=O) groups excluding carboxylic acids is 1. The summed E-state index contributed by atoms with van der Waals surface area (Å²) < 4.78 is 28.6. The van der Waals surface area contributed by atoms with Gasteiger partial charge in [0.1, 0.15) is 0 Å². The van der Waals surface area contributed by atoms with E-state index >= 15 is 0 Å². The van der Waals surface area contributed by atoms with Crippen molar-refractivity contribution in [1.29, 1.82) is 0 Å². The molecule has 0 radical (unpaired) electrons. The fourth-order valence-corrected chi connectivity index (χ4v) is 5.52. The van der Waals surface area contributed by atoms with Crippen LogP contribution in [0.4, 0.5) is 0 Å². The molecule has 1 N–H and O–H groups in total. The van der Waals surface area contributed by atoms with Gasteiger partial charge in [-0.25, -0.2) is 13.8 Å². The van der Waals surface area contributed by atoms with E-state index in [0.29, 0.717) is 15.6 Å². The van der Waals surface area contributed by atoms with E-state index in [4.69, 9.17) is 23.2 Å². The third-order valence-electron chi connectivity index (χ3n) is 5.33. The van der Waals surface area contributed by atoms with Crippen LogP contribution >= 0.6 is 39.1 Å². The molecular formula is C26H20BrCl2N3O3S. The molecule has 0 spiro atoms. The number of carbonyl (C=O) groups is 1. The number of hydrogen-bond acceptors (Lipinski definition) is 4. The first-order valence-corrected chi connectivity index (χ1v) is 13.7. The Morgan fingerprint density at radius 1 is 0.944 bits per heavy atom. The number of fused-ring (bicyclic) bond motifs is 1. The van der Waals surface area contributed by atoms with Gasteiger partial charge in [0.05, 0.1) is 27.7 Å². The predicted molar refractivity (Wildman–Crippen MR) is 148 cm³/mol. The molecule has 4 rings (SSSR count). The molecule has 0 aliphatic rings. The lowest BCUT2D eigenvalue weighted by atomic mass is 10.1. The van der Waals surface area contributed by atoms with Crippen molar-refractivity contribution in [1.82, 2.24) is 9.73 Å². The van der Waals surface area contributed by atoms with E-state index < -0.39 is 22.5 Å². The molecule has 0 fully saturated rings. The first-order valence-electron chi connectivity index (χ1n) is 10.7. The smallest absolute Gasteiger partial charge is 0.255 e. The monoisotopic (exact) mass is 603 g/mol. The summed E-state index contributed by atoms with van der Waals surface area (Å²) in [6.45, 7) is -0.540. The zero-order valence-electron chi connectivity index (χ0n) is 18.7. The Kier molecular flexibility index (Phi) is 8.43. The molecule has 0 saturated heterocycles. The highest BCUT2D eigenvalue weighted by atomic mass is 79.9. The lowest BCUT2D eigenvalue weighted by molar-refractivity contribution is -0.121. The van der Waals surface area contributed by atoms with Crippen LogP contribution in [0.15, 0.2) is 99.4 Å². The topological polar surface area (TPSA) is 78.8 Å². The fraction of sp³-hybridized carbons (Fsp3) is 0.0769. The SMILES string of the molecule is O=C(CN(Cc1ccc(Cl)c(Cl)c1)S(=O)(=O)c1ccc(Br)cc1)N/N=C/c1cccc2ccccc12. The molecule has 4 aromatic rings. The van der Waals surface area contributed by atoms with Gasteiger partial charge >= 0.3 is 0 Å². The second kappa shape index (κ2) is 11.5. The third-order valence-corrected chi connectivity index (χ3v) is 8.40. The number of sulfonamides is 1. The Bertz CT molecular complexity index is 1540. The highest BCUT2D eigenvalue weighted by molar-refractivity contribution is 9.10. The van der Waals surface area contributed by atoms with Crippen molar-refractivity contribution in [3.8, 4) is 0 Å². The van der Waals surface area contributed by atoms with Crippen LogP contribution in [0.25, 0.3) is 10.8 Å². The maximum Gasteiger partial charge on any atom is 0.255 e. The van der Waals surface area contributed by atoms with Gasteiger partial charge < -0.3 is 0 Å². The van der Waals surface area contributed by atoms with Gasteiger partial charge in [0, 0.05) is 16.6 Å². The van der Waals surface area contributed by atoms with Crippen molar-refractivity contribution in [3.05, 3.63) is 111 Å². The van der Waals surface area contributed by atoms with E-state index in [9.17, 15) is 13.2 Å². The molecule has 36 heavy (non-hydrogen) atoms. The van der Waals surface area contributed by atoms with Gasteiger partial charge in [0.25, 0.3) is 5.91 Å². The van der Waals surface area contributed by atoms with Crippen LogP contribution in [-0.2, 0) is 21.4 Å². The molecule has 0 saturated carbocycles. The molecule has 0 bridgehead atoms. The molecule has 6 nitrogen and oxygen atoms in total. The number of amides is 1. The zero-order valence-corrected chi connectivity index (χ0v) is 22.7. The van der Waals surface area contributed by atoms with Gasteiger partial charge in [-0.1, -0.05) is 87.7 Å². The summed E-state index contributed by atoms with van der Waals surface area (Å²) in [6.07, 6.45) is 1.53. The molecule has 184 valence electrons. The predicted octanol–water partition coefficient (Wildman–Crippen LogP) is 6.25. The van der Waals surface area contributed by atoms with E-state index in [2.05, 4.69) is 26.5 Å². The summed E-state index contributed by atoms with van der Waals surface area (Å²) in [5.74, 6) is -0.591. The first kappa shape index (κ1) is 26.3. The van der Waals surface area contributed by atoms with Gasteiger partial charge in [-0.05, 0) is 52.7 Å². The lowest BCUT2D eigenvalue weighted by Gasteiger charge is -2.22. The van der Waals surface area contributed by atoms with Gasteiger partial charge in [0.15, 0.2) is 0 Å². The Morgan fingerprint density at radius 2 is 1.67 bits per heavy atom. The van der Waals surface area contributed by atoms with Crippen LogP contribution in [-0.4, -0.2) is 31.4 Å². The summed E-state index contributed by atoms with van der Waals surface area (Å²) in [5, 5.41) is 6.72. The van der Waals surface area contributed by atoms with E-state index in [1.54, 1.807) is 30.3 Å². The number of benzene rings is 4. The maximum atomic E-state index is 13.4. The molecule has 0 atom stereocenters. The molecule has 0 unspecified atom stereocenters. The Labute approximate surface area is 227 Å². The molecule has 10 heteroatoms. The van der Waals surface area contributed by atoms with Gasteiger partial charge in [-0.15, -0.1) is 0 Å². The molecule has 0 aliphatic heterocycles. The first-order chi connectivity index (χ1) is 17.2. The molecule has 0 heterocycles. The molecular weight excluding hydrogens is 585 g/mol. The number of nitrogens with one attached hydrogen (secondary N) is 1. The van der Waals surface area contributed by atoms with Gasteiger partial charge in [-0.3, -0.25) is 4.79 Å². The van der Waals surface area contributed by atoms with Crippen LogP contribution in [0.3, 0.4) is 0 Å². The van der Waals surface area contributed by atoms with Crippen LogP contribution in [0.1, 0.15) is 11.1 Å². The number of hydrogen-bond donors (Lipinski definition) is 1. The largest absolute Gasteiger partial charge is 0.272 e. The van der Waals surface area contributed by atoms with Crippen LogP contribution in [0, 0.1) is 0 Å². The summed E-state index contributed by atoms with van der Waals surface area (Å²) >= 11 is 15.4. The summed E-state index contributed by atoms with van der Waals surface area (Å²) in [6, 6.07) is 24.6. The lowest BCUT2D eigenvalue weighted by Crippen LogP contribution is -2.39. The van der Waals surface area contributed by atoms with E-state index in [0.717, 1.165) is 25.1 Å². The highest BCUT2D eigenvalue weighted by Gasteiger charge is 2.27. The molecule has 1 amide bonds. The molecule has 0 aromatic heterocycles. The molecule has 4 aromatic carbocycles. The second-order valence-electron chi connectivity index (χ2n) is 7.84. The summed E-state index contributed by atoms with van der Waals surface area (Å²) in [4.78, 5) is 12.8. The number of rotatable bonds is 8. The Balaban J connectivity index is 1.55. The van der Waals surface area contributed by atoms with Crippen LogP contribution < -0.4 is 5.43 Å². The van der Waals surface area contributed by atoms with Crippen LogP contribution in [0.2, 0.25) is 10.0 Å². The fourth-order valence-electron chi connectivity index (χ4n) is 3.56. The minimum atomic E-state index is -4.02. The van der Waals surface area contributed by atoms with Crippen molar-refractivity contribution in [2.24, 2.45) is 5.10 Å². The Hall–Kier alpha value is -2.75. The van der Waals surface area contributed by atoms with E-state index in [-0.39, 0.29) is 11.4 Å². The van der Waals surface area contributed by atoms with Crippen molar-refractivity contribution in [3.63, 3.8) is 0 Å². The minimum Gasteiger partial charge on any atom is -0.272 e. The average Bonchev–Trinajstić information content (AvgIpc) is 2.86. The van der Waals surface area contributed by atoms with Crippen molar-refractivity contribution in [2.45, 2.75) is 11.4 Å². The number of halogens is 3. The van der Waals surface area contributed by atoms with Crippen molar-refractivity contribution < 1.29 is 13.2 Å². The average molecular weight is 605 g/mol. The zero-order chi connectivity index (χ0) is 25.7. The normalized spacial score (nSPS) is 11.9. The van der Waals surface area contributed by atoms with Gasteiger partial charge in [0.2, 0.25) is 10.0 Å². The highest BCUT2D eigenvalue weighted by Crippen LogP contribution is 2.25. The summed E-state index contributed by atoms with van der Waals surface area (Å²) in [5.41, 5.74) is 3.84. The quantitative estimate of drug-likeness (QED) is 0.191. The van der Waals surface area contributed by atoms with Crippen molar-refractivity contribution >= 4 is 72.0 Å². The standard InChI is InChI=1S/C26H20BrCl2N3O3S/c27-21-9-11-22(12-10-21)36(34,35)32(16-18-8-13-24(28)25(29)14-18)17-26(33)31-30-15-20-6-3-5-19-4-1-2-7-23(19)20/h1-15H,16-17H2,(H,31,33)/b30-15+. The van der Waals surface area contributed by atoms with Crippen LogP contribution in [0.5, 0.6) is 0 Å². The Morgan fingerprint density at radius 3 is 2.42 bits per heavy atom. The second-order valence-corrected chi connectivity index (χ2v) is 11.5. The molecule has 0 aliphatic carbocycles. The third kappa shape index (κ3) is 6.32. The number of nitrogens with zero attached hydrogens (tertiary/aromatic N) is 2. The van der Waals surface area contributed by atoms with E-state index in [1.807, 2.05) is 42.5 Å². The maximum absolute atomic E-state index is 13.4.